The molecule has 0 unspecified atom stereocenters. The first kappa shape index (κ1) is 15.7. The van der Waals surface area contributed by atoms with Crippen LogP contribution in [-0.4, -0.2) is 11.7 Å². The zero-order valence-corrected chi connectivity index (χ0v) is 13.8. The van der Waals surface area contributed by atoms with Gasteiger partial charge in [0.15, 0.2) is 0 Å². The third-order valence-electron chi connectivity index (χ3n) is 3.32. The number of benzene rings is 1. The summed E-state index contributed by atoms with van der Waals surface area (Å²) in [4.78, 5) is 13.1. The predicted octanol–water partition coefficient (Wildman–Crippen LogP) is 3.92. The van der Waals surface area contributed by atoms with Crippen LogP contribution in [0.1, 0.15) is 28.2 Å². The van der Waals surface area contributed by atoms with Crippen molar-refractivity contribution < 1.29 is 9.21 Å². The highest BCUT2D eigenvalue weighted by atomic mass is 32.2. The van der Waals surface area contributed by atoms with E-state index in [-0.39, 0.29) is 5.91 Å². The Labute approximate surface area is 130 Å². The molecular weight excluding hydrogens is 282 g/mol. The van der Waals surface area contributed by atoms with Crippen molar-refractivity contribution in [3.63, 3.8) is 0 Å². The summed E-state index contributed by atoms with van der Waals surface area (Å²) in [5.41, 5.74) is 3.46. The molecule has 4 heteroatoms. The molecule has 0 aliphatic rings. The van der Waals surface area contributed by atoms with E-state index in [9.17, 15) is 4.79 Å². The van der Waals surface area contributed by atoms with Crippen LogP contribution < -0.4 is 5.32 Å². The molecule has 0 atom stereocenters. The molecule has 1 aromatic heterocycles. The summed E-state index contributed by atoms with van der Waals surface area (Å²) in [5.74, 6) is 2.22. The summed E-state index contributed by atoms with van der Waals surface area (Å²) < 4.78 is 5.45. The van der Waals surface area contributed by atoms with E-state index in [1.807, 2.05) is 19.9 Å². The van der Waals surface area contributed by atoms with Gasteiger partial charge in [-0.05, 0) is 45.4 Å². The number of carbonyl (C=O) groups is 1. The first-order valence-electron chi connectivity index (χ1n) is 6.98. The van der Waals surface area contributed by atoms with Crippen molar-refractivity contribution in [3.8, 4) is 0 Å². The van der Waals surface area contributed by atoms with Crippen molar-refractivity contribution in [2.75, 3.05) is 5.75 Å². The van der Waals surface area contributed by atoms with Crippen molar-refractivity contribution in [1.82, 2.24) is 5.32 Å². The van der Waals surface area contributed by atoms with Crippen molar-refractivity contribution in [2.45, 2.75) is 39.1 Å². The molecule has 1 N–H and O–H groups in total. The smallest absolute Gasteiger partial charge is 0.230 e. The molecule has 0 aliphatic carbocycles. The Hall–Kier alpha value is -1.68. The number of hydrogen-bond acceptors (Lipinski definition) is 3. The molecule has 1 amide bonds. The van der Waals surface area contributed by atoms with Crippen LogP contribution >= 0.6 is 11.8 Å². The quantitative estimate of drug-likeness (QED) is 0.851. The normalized spacial score (nSPS) is 10.7. The second-order valence-electron chi connectivity index (χ2n) is 5.27. The Morgan fingerprint density at radius 2 is 1.95 bits per heavy atom. The third-order valence-corrected chi connectivity index (χ3v) is 4.48. The van der Waals surface area contributed by atoms with E-state index in [4.69, 9.17) is 4.42 Å². The molecule has 0 fully saturated rings. The number of thioether (sulfide) groups is 1. The second kappa shape index (κ2) is 6.85. The van der Waals surface area contributed by atoms with E-state index in [0.29, 0.717) is 12.3 Å². The van der Waals surface area contributed by atoms with Crippen molar-refractivity contribution in [3.05, 3.63) is 52.5 Å². The maximum absolute atomic E-state index is 11.9. The van der Waals surface area contributed by atoms with Gasteiger partial charge in [-0.25, -0.2) is 0 Å². The van der Waals surface area contributed by atoms with Gasteiger partial charge < -0.3 is 9.73 Å². The molecule has 3 nitrogen and oxygen atoms in total. The highest BCUT2D eigenvalue weighted by molar-refractivity contribution is 8.00. The molecule has 1 heterocycles. The molecule has 2 aromatic rings. The van der Waals surface area contributed by atoms with E-state index in [2.05, 4.69) is 37.4 Å². The Morgan fingerprint density at radius 1 is 1.19 bits per heavy atom. The SMILES string of the molecule is Cc1ccc(C)c(SCC(=O)NCc2cc(C)oc2C)c1. The van der Waals surface area contributed by atoms with Crippen LogP contribution in [0.25, 0.3) is 0 Å². The minimum atomic E-state index is 0.0409. The molecule has 0 bridgehead atoms. The van der Waals surface area contributed by atoms with Crippen LogP contribution in [0.3, 0.4) is 0 Å². The molecular formula is C17H21NO2S. The van der Waals surface area contributed by atoms with Crippen LogP contribution in [0.15, 0.2) is 33.6 Å². The van der Waals surface area contributed by atoms with Crippen LogP contribution in [0.5, 0.6) is 0 Å². The number of furan rings is 1. The topological polar surface area (TPSA) is 42.2 Å². The van der Waals surface area contributed by atoms with Gasteiger partial charge in [0, 0.05) is 17.0 Å². The molecule has 0 saturated carbocycles. The largest absolute Gasteiger partial charge is 0.466 e. The van der Waals surface area contributed by atoms with Crippen LogP contribution in [0.2, 0.25) is 0 Å². The predicted molar refractivity (Wildman–Crippen MR) is 86.7 cm³/mol. The van der Waals surface area contributed by atoms with Gasteiger partial charge >= 0.3 is 0 Å². The Kier molecular flexibility index (Phi) is 5.12. The average Bonchev–Trinajstić information content (AvgIpc) is 2.75. The summed E-state index contributed by atoms with van der Waals surface area (Å²) >= 11 is 1.58. The van der Waals surface area contributed by atoms with Gasteiger partial charge in [-0.2, -0.15) is 0 Å². The van der Waals surface area contributed by atoms with Gasteiger partial charge in [0.1, 0.15) is 11.5 Å². The minimum Gasteiger partial charge on any atom is -0.466 e. The zero-order valence-electron chi connectivity index (χ0n) is 12.9. The fourth-order valence-corrected chi connectivity index (χ4v) is 3.06. The first-order valence-corrected chi connectivity index (χ1v) is 7.97. The lowest BCUT2D eigenvalue weighted by atomic mass is 10.2. The highest BCUT2D eigenvalue weighted by Gasteiger charge is 2.08. The van der Waals surface area contributed by atoms with Gasteiger partial charge in [-0.3, -0.25) is 4.79 Å². The zero-order chi connectivity index (χ0) is 15.4. The standard InChI is InChI=1S/C17H21NO2S/c1-11-5-6-12(2)16(7-11)21-10-17(19)18-9-15-8-13(3)20-14(15)4/h5-8H,9-10H2,1-4H3,(H,18,19). The molecule has 2 rings (SSSR count). The van der Waals surface area contributed by atoms with Crippen molar-refractivity contribution in [1.29, 1.82) is 0 Å². The van der Waals surface area contributed by atoms with E-state index in [0.717, 1.165) is 17.1 Å². The van der Waals surface area contributed by atoms with Gasteiger partial charge in [0.25, 0.3) is 0 Å². The summed E-state index contributed by atoms with van der Waals surface area (Å²) in [6, 6.07) is 8.26. The number of carbonyl (C=O) groups excluding carboxylic acids is 1. The Balaban J connectivity index is 1.85. The molecule has 1 aromatic carbocycles. The number of aryl methyl sites for hydroxylation is 4. The molecule has 0 saturated heterocycles. The monoisotopic (exact) mass is 303 g/mol. The summed E-state index contributed by atoms with van der Waals surface area (Å²) in [7, 11) is 0. The first-order chi connectivity index (χ1) is 9.95. The van der Waals surface area contributed by atoms with Crippen LogP contribution in [0.4, 0.5) is 0 Å². The van der Waals surface area contributed by atoms with Gasteiger partial charge in [0.2, 0.25) is 5.91 Å². The van der Waals surface area contributed by atoms with E-state index >= 15 is 0 Å². The van der Waals surface area contributed by atoms with E-state index in [1.54, 1.807) is 11.8 Å². The molecule has 21 heavy (non-hydrogen) atoms. The number of hydrogen-bond donors (Lipinski definition) is 1. The summed E-state index contributed by atoms with van der Waals surface area (Å²) in [6.07, 6.45) is 0. The lowest BCUT2D eigenvalue weighted by Crippen LogP contribution is -2.24. The Bertz CT molecular complexity index is 646. The van der Waals surface area contributed by atoms with Gasteiger partial charge in [-0.1, -0.05) is 17.7 Å². The van der Waals surface area contributed by atoms with Crippen LogP contribution in [0, 0.1) is 27.7 Å². The average molecular weight is 303 g/mol. The van der Waals surface area contributed by atoms with Crippen molar-refractivity contribution >= 4 is 17.7 Å². The molecule has 112 valence electrons. The molecule has 0 radical (unpaired) electrons. The van der Waals surface area contributed by atoms with Gasteiger partial charge in [0.05, 0.1) is 5.75 Å². The highest BCUT2D eigenvalue weighted by Crippen LogP contribution is 2.23. The maximum atomic E-state index is 11.9. The lowest BCUT2D eigenvalue weighted by Gasteiger charge is -2.07. The lowest BCUT2D eigenvalue weighted by molar-refractivity contribution is -0.118. The minimum absolute atomic E-state index is 0.0409. The third kappa shape index (κ3) is 4.39. The number of nitrogens with one attached hydrogen (secondary N) is 1. The van der Waals surface area contributed by atoms with E-state index in [1.165, 1.54) is 16.0 Å². The van der Waals surface area contributed by atoms with E-state index < -0.39 is 0 Å². The number of amides is 1. The second-order valence-corrected chi connectivity index (χ2v) is 6.29. The molecule has 0 spiro atoms. The maximum Gasteiger partial charge on any atom is 0.230 e. The Morgan fingerprint density at radius 3 is 2.62 bits per heavy atom. The summed E-state index contributed by atoms with van der Waals surface area (Å²) in [5, 5.41) is 2.94. The molecule has 0 aliphatic heterocycles. The van der Waals surface area contributed by atoms with Crippen LogP contribution in [-0.2, 0) is 11.3 Å². The number of rotatable bonds is 5. The van der Waals surface area contributed by atoms with Gasteiger partial charge in [-0.15, -0.1) is 11.8 Å². The fourth-order valence-electron chi connectivity index (χ4n) is 2.11. The summed E-state index contributed by atoms with van der Waals surface area (Å²) in [6.45, 7) is 8.48. The van der Waals surface area contributed by atoms with Crippen molar-refractivity contribution in [2.24, 2.45) is 0 Å². The fraction of sp³-hybridized carbons (Fsp3) is 0.353.